The van der Waals surface area contributed by atoms with Crippen LogP contribution in [-0.4, -0.2) is 12.8 Å². The molecular formula is C9H7BrF3NO2. The van der Waals surface area contributed by atoms with Crippen LogP contribution in [0.3, 0.4) is 0 Å². The average molecular weight is 298 g/mol. The number of hydrogen-bond acceptors (Lipinski definition) is 2. The van der Waals surface area contributed by atoms with E-state index in [2.05, 4.69) is 26.0 Å². The quantitative estimate of drug-likeness (QED) is 0.870. The van der Waals surface area contributed by atoms with Gasteiger partial charge >= 0.3 is 6.36 Å². The van der Waals surface area contributed by atoms with Gasteiger partial charge in [0.1, 0.15) is 0 Å². The van der Waals surface area contributed by atoms with Crippen LogP contribution in [0.5, 0.6) is 5.75 Å². The Labute approximate surface area is 97.7 Å². The monoisotopic (exact) mass is 297 g/mol. The fourth-order valence-corrected chi connectivity index (χ4v) is 1.37. The van der Waals surface area contributed by atoms with Crippen molar-refractivity contribution >= 4 is 28.0 Å². The minimum atomic E-state index is -4.80. The van der Waals surface area contributed by atoms with Crippen LogP contribution >= 0.6 is 15.9 Å². The van der Waals surface area contributed by atoms with Gasteiger partial charge in [-0.3, -0.25) is 4.79 Å². The molecule has 1 aromatic carbocycles. The smallest absolute Gasteiger partial charge is 0.404 e. The molecule has 0 fully saturated rings. The number of hydrogen-bond donors (Lipinski definition) is 1. The molecule has 0 atom stereocenters. The molecule has 88 valence electrons. The Morgan fingerprint density at radius 2 is 2.06 bits per heavy atom. The van der Waals surface area contributed by atoms with Crippen LogP contribution in [0.2, 0.25) is 0 Å². The van der Waals surface area contributed by atoms with E-state index in [0.717, 1.165) is 6.07 Å². The number of alkyl halides is 3. The van der Waals surface area contributed by atoms with Crippen molar-refractivity contribution in [2.75, 3.05) is 5.32 Å². The Morgan fingerprint density at radius 3 is 2.56 bits per heavy atom. The van der Waals surface area contributed by atoms with Gasteiger partial charge in [0, 0.05) is 4.47 Å². The van der Waals surface area contributed by atoms with Crippen LogP contribution < -0.4 is 10.1 Å². The summed E-state index contributed by atoms with van der Waals surface area (Å²) in [5.74, 6) is -0.461. The van der Waals surface area contributed by atoms with Crippen LogP contribution in [0, 0.1) is 6.92 Å². The van der Waals surface area contributed by atoms with Crippen molar-refractivity contribution in [2.24, 2.45) is 0 Å². The van der Waals surface area contributed by atoms with Crippen molar-refractivity contribution in [1.29, 1.82) is 0 Å². The SMILES string of the molecule is Cc1cc(NC=O)c(OC(F)(F)F)cc1Br. The summed E-state index contributed by atoms with van der Waals surface area (Å²) < 4.78 is 40.4. The number of nitrogens with one attached hydrogen (secondary N) is 1. The first-order chi connectivity index (χ1) is 7.33. The maximum Gasteiger partial charge on any atom is 0.573 e. The lowest BCUT2D eigenvalue weighted by Crippen LogP contribution is -2.18. The molecule has 1 rings (SSSR count). The first kappa shape index (κ1) is 12.8. The zero-order valence-corrected chi connectivity index (χ0v) is 9.65. The van der Waals surface area contributed by atoms with Gasteiger partial charge in [-0.2, -0.15) is 0 Å². The molecule has 7 heteroatoms. The predicted molar refractivity (Wildman–Crippen MR) is 55.2 cm³/mol. The number of benzene rings is 1. The second kappa shape index (κ2) is 4.73. The predicted octanol–water partition coefficient (Wildman–Crippen LogP) is 3.22. The molecule has 0 aliphatic rings. The van der Waals surface area contributed by atoms with Crippen molar-refractivity contribution < 1.29 is 22.7 Å². The molecule has 0 aliphatic carbocycles. The van der Waals surface area contributed by atoms with Crippen molar-refractivity contribution in [2.45, 2.75) is 13.3 Å². The summed E-state index contributed by atoms with van der Waals surface area (Å²) in [6.07, 6.45) is -4.51. The van der Waals surface area contributed by atoms with Gasteiger partial charge in [-0.05, 0) is 24.6 Å². The van der Waals surface area contributed by atoms with Crippen molar-refractivity contribution in [3.63, 3.8) is 0 Å². The molecule has 1 N–H and O–H groups in total. The zero-order chi connectivity index (χ0) is 12.3. The lowest BCUT2D eigenvalue weighted by molar-refractivity contribution is -0.274. The van der Waals surface area contributed by atoms with Gasteiger partial charge in [-0.1, -0.05) is 15.9 Å². The summed E-state index contributed by atoms with van der Waals surface area (Å²) in [7, 11) is 0. The van der Waals surface area contributed by atoms with Crippen molar-refractivity contribution in [1.82, 2.24) is 0 Å². The Bertz CT molecular complexity index is 406. The summed E-state index contributed by atoms with van der Waals surface area (Å²) in [5.41, 5.74) is 0.645. The highest BCUT2D eigenvalue weighted by molar-refractivity contribution is 9.10. The summed E-state index contributed by atoms with van der Waals surface area (Å²) >= 11 is 3.08. The zero-order valence-electron chi connectivity index (χ0n) is 8.06. The highest BCUT2D eigenvalue weighted by Crippen LogP contribution is 2.34. The normalized spacial score (nSPS) is 11.1. The van der Waals surface area contributed by atoms with Crippen molar-refractivity contribution in [3.05, 3.63) is 22.2 Å². The third kappa shape index (κ3) is 3.41. The van der Waals surface area contributed by atoms with Crippen LogP contribution in [-0.2, 0) is 4.79 Å². The molecule has 0 bridgehead atoms. The Kier molecular flexibility index (Phi) is 3.79. The lowest BCUT2D eigenvalue weighted by atomic mass is 10.2. The van der Waals surface area contributed by atoms with Crippen LogP contribution in [0.25, 0.3) is 0 Å². The molecule has 0 spiro atoms. The van der Waals surface area contributed by atoms with E-state index in [1.54, 1.807) is 6.92 Å². The third-order valence-electron chi connectivity index (χ3n) is 1.70. The number of carbonyl (C=O) groups is 1. The van der Waals surface area contributed by atoms with Gasteiger partial charge in [0.2, 0.25) is 6.41 Å². The molecule has 0 saturated heterocycles. The second-order valence-corrected chi connectivity index (χ2v) is 3.76. The van der Waals surface area contributed by atoms with Crippen molar-refractivity contribution in [3.8, 4) is 5.75 Å². The average Bonchev–Trinajstić information content (AvgIpc) is 2.11. The lowest BCUT2D eigenvalue weighted by Gasteiger charge is -2.14. The number of aryl methyl sites for hydroxylation is 1. The fourth-order valence-electron chi connectivity index (χ4n) is 1.05. The van der Waals surface area contributed by atoms with Crippen LogP contribution in [0.15, 0.2) is 16.6 Å². The van der Waals surface area contributed by atoms with E-state index >= 15 is 0 Å². The van der Waals surface area contributed by atoms with E-state index in [0.29, 0.717) is 10.0 Å². The van der Waals surface area contributed by atoms with Gasteiger partial charge in [0.05, 0.1) is 5.69 Å². The number of amides is 1. The second-order valence-electron chi connectivity index (χ2n) is 2.91. The summed E-state index contributed by atoms with van der Waals surface area (Å²) in [6.45, 7) is 1.68. The van der Waals surface area contributed by atoms with Crippen LogP contribution in [0.1, 0.15) is 5.56 Å². The van der Waals surface area contributed by atoms with E-state index in [-0.39, 0.29) is 12.1 Å². The maximum atomic E-state index is 12.0. The fraction of sp³-hybridized carbons (Fsp3) is 0.222. The summed E-state index contributed by atoms with van der Waals surface area (Å²) in [4.78, 5) is 10.2. The highest BCUT2D eigenvalue weighted by atomic mass is 79.9. The molecule has 0 aromatic heterocycles. The number of carbonyl (C=O) groups excluding carboxylic acids is 1. The number of anilines is 1. The van der Waals surface area contributed by atoms with E-state index in [9.17, 15) is 18.0 Å². The van der Waals surface area contributed by atoms with E-state index in [4.69, 9.17) is 0 Å². The highest BCUT2D eigenvalue weighted by Gasteiger charge is 2.32. The molecule has 0 heterocycles. The first-order valence-electron chi connectivity index (χ1n) is 4.09. The molecular weight excluding hydrogens is 291 g/mol. The molecule has 0 aliphatic heterocycles. The minimum absolute atomic E-state index is 0.0342. The first-order valence-corrected chi connectivity index (χ1v) is 4.89. The Hall–Kier alpha value is -1.24. The number of rotatable bonds is 3. The maximum absolute atomic E-state index is 12.0. The summed E-state index contributed by atoms with van der Waals surface area (Å²) in [5, 5.41) is 2.14. The molecule has 1 amide bonds. The van der Waals surface area contributed by atoms with Gasteiger partial charge in [0.25, 0.3) is 0 Å². The van der Waals surface area contributed by atoms with Gasteiger partial charge in [-0.25, -0.2) is 0 Å². The molecule has 3 nitrogen and oxygen atoms in total. The van der Waals surface area contributed by atoms with E-state index in [1.165, 1.54) is 6.07 Å². The minimum Gasteiger partial charge on any atom is -0.404 e. The Balaban J connectivity index is 3.14. The molecule has 0 saturated carbocycles. The topological polar surface area (TPSA) is 38.3 Å². The molecule has 0 unspecified atom stereocenters. The van der Waals surface area contributed by atoms with Gasteiger partial charge < -0.3 is 10.1 Å². The Morgan fingerprint density at radius 1 is 1.44 bits per heavy atom. The molecule has 0 radical (unpaired) electrons. The van der Waals surface area contributed by atoms with E-state index in [1.807, 2.05) is 0 Å². The van der Waals surface area contributed by atoms with E-state index < -0.39 is 12.1 Å². The van der Waals surface area contributed by atoms with Crippen LogP contribution in [0.4, 0.5) is 18.9 Å². The standard InChI is InChI=1S/C9H7BrF3NO2/c1-5-2-7(14-4-15)8(3-6(5)10)16-9(11,12)13/h2-4H,1H3,(H,14,15). The summed E-state index contributed by atoms with van der Waals surface area (Å²) in [6, 6.07) is 2.52. The number of ether oxygens (including phenoxy) is 1. The number of halogens is 4. The largest absolute Gasteiger partial charge is 0.573 e. The van der Waals surface area contributed by atoms with Gasteiger partial charge in [-0.15, -0.1) is 13.2 Å². The molecule has 1 aromatic rings. The molecule has 16 heavy (non-hydrogen) atoms. The van der Waals surface area contributed by atoms with Gasteiger partial charge in [0.15, 0.2) is 5.75 Å². The third-order valence-corrected chi connectivity index (χ3v) is 2.56.